The molecule has 0 heterocycles. The molecule has 0 aromatic heterocycles. The van der Waals surface area contributed by atoms with Crippen molar-refractivity contribution in [1.29, 1.82) is 0 Å². The van der Waals surface area contributed by atoms with Crippen LogP contribution in [0.25, 0.3) is 0 Å². The quantitative estimate of drug-likeness (QED) is 0.900. The van der Waals surface area contributed by atoms with Crippen LogP contribution in [0.3, 0.4) is 0 Å². The van der Waals surface area contributed by atoms with E-state index >= 15 is 0 Å². The predicted octanol–water partition coefficient (Wildman–Crippen LogP) is 3.91. The highest BCUT2D eigenvalue weighted by Crippen LogP contribution is 2.21. The molecule has 2 rings (SSSR count). The Bertz CT molecular complexity index is 572. The van der Waals surface area contributed by atoms with E-state index in [0.29, 0.717) is 13.0 Å². The molecule has 0 spiro atoms. The van der Waals surface area contributed by atoms with Crippen LogP contribution in [0.15, 0.2) is 59.1 Å². The first-order valence-corrected chi connectivity index (χ1v) is 7.26. The smallest absolute Gasteiger partial charge is 0.226 e. The lowest BCUT2D eigenvalue weighted by molar-refractivity contribution is -0.116. The number of para-hydroxylation sites is 2. The van der Waals surface area contributed by atoms with E-state index in [9.17, 15) is 4.79 Å². The first kappa shape index (κ1) is 14.6. The van der Waals surface area contributed by atoms with E-state index in [-0.39, 0.29) is 5.91 Å². The molecule has 0 unspecified atom stereocenters. The zero-order valence-electron chi connectivity index (χ0n) is 11.3. The van der Waals surface area contributed by atoms with Gasteiger partial charge in [-0.15, -0.1) is 0 Å². The van der Waals surface area contributed by atoms with Crippen LogP contribution >= 0.6 is 15.9 Å². The van der Waals surface area contributed by atoms with Crippen molar-refractivity contribution in [3.8, 4) is 0 Å². The lowest BCUT2D eigenvalue weighted by atomic mass is 10.2. The highest BCUT2D eigenvalue weighted by atomic mass is 79.9. The molecular weight excluding hydrogens is 316 g/mol. The second-order valence-electron chi connectivity index (χ2n) is 4.54. The van der Waals surface area contributed by atoms with Gasteiger partial charge in [0.15, 0.2) is 0 Å². The molecule has 4 heteroatoms. The fourth-order valence-corrected chi connectivity index (χ4v) is 2.24. The summed E-state index contributed by atoms with van der Waals surface area (Å²) in [6, 6.07) is 17.6. The summed E-state index contributed by atoms with van der Waals surface area (Å²) in [4.78, 5) is 14.0. The normalized spacial score (nSPS) is 10.1. The monoisotopic (exact) mass is 332 g/mol. The van der Waals surface area contributed by atoms with Crippen LogP contribution < -0.4 is 10.2 Å². The zero-order chi connectivity index (χ0) is 14.4. The standard InChI is InChI=1S/C16H17BrN2O/c1-19(13-7-3-2-4-8-13)12-11-16(20)18-15-10-6-5-9-14(15)17/h2-10H,11-12H2,1H3,(H,18,20). The largest absolute Gasteiger partial charge is 0.374 e. The van der Waals surface area contributed by atoms with Gasteiger partial charge in [0.25, 0.3) is 0 Å². The van der Waals surface area contributed by atoms with Gasteiger partial charge < -0.3 is 10.2 Å². The van der Waals surface area contributed by atoms with Crippen molar-refractivity contribution in [2.45, 2.75) is 6.42 Å². The van der Waals surface area contributed by atoms with Crippen LogP contribution in [0.5, 0.6) is 0 Å². The van der Waals surface area contributed by atoms with Crippen LogP contribution in [0.4, 0.5) is 11.4 Å². The summed E-state index contributed by atoms with van der Waals surface area (Å²) >= 11 is 3.42. The van der Waals surface area contributed by atoms with Crippen LogP contribution in [0.2, 0.25) is 0 Å². The number of hydrogen-bond donors (Lipinski definition) is 1. The second kappa shape index (κ2) is 7.10. The van der Waals surface area contributed by atoms with E-state index in [1.165, 1.54) is 0 Å². The molecule has 104 valence electrons. The first-order chi connectivity index (χ1) is 9.66. The molecule has 0 fully saturated rings. The number of carbonyl (C=O) groups excluding carboxylic acids is 1. The van der Waals surface area contributed by atoms with Crippen LogP contribution in [0.1, 0.15) is 6.42 Å². The average Bonchev–Trinajstić information content (AvgIpc) is 2.48. The SMILES string of the molecule is CN(CCC(=O)Nc1ccccc1Br)c1ccccc1. The Hall–Kier alpha value is -1.81. The topological polar surface area (TPSA) is 32.3 Å². The molecule has 3 nitrogen and oxygen atoms in total. The summed E-state index contributed by atoms with van der Waals surface area (Å²) in [5.41, 5.74) is 1.92. The van der Waals surface area contributed by atoms with Gasteiger partial charge in [0.1, 0.15) is 0 Å². The van der Waals surface area contributed by atoms with Crippen molar-refractivity contribution in [2.24, 2.45) is 0 Å². The van der Waals surface area contributed by atoms with Gasteiger partial charge in [0.2, 0.25) is 5.91 Å². The van der Waals surface area contributed by atoms with Crippen LogP contribution in [-0.4, -0.2) is 19.5 Å². The molecule has 1 N–H and O–H groups in total. The van der Waals surface area contributed by atoms with Crippen molar-refractivity contribution in [2.75, 3.05) is 23.8 Å². The number of nitrogens with one attached hydrogen (secondary N) is 1. The molecule has 0 aliphatic rings. The van der Waals surface area contributed by atoms with Gasteiger partial charge in [-0.1, -0.05) is 30.3 Å². The Balaban J connectivity index is 1.85. The Morgan fingerprint density at radius 1 is 1.10 bits per heavy atom. The minimum Gasteiger partial charge on any atom is -0.374 e. The number of halogens is 1. The molecule has 0 atom stereocenters. The van der Waals surface area contributed by atoms with E-state index in [2.05, 4.69) is 26.1 Å². The molecule has 0 bridgehead atoms. The zero-order valence-corrected chi connectivity index (χ0v) is 12.9. The van der Waals surface area contributed by atoms with Gasteiger partial charge >= 0.3 is 0 Å². The van der Waals surface area contributed by atoms with E-state index in [1.807, 2.05) is 61.6 Å². The average molecular weight is 333 g/mol. The number of anilines is 2. The highest BCUT2D eigenvalue weighted by Gasteiger charge is 2.07. The predicted molar refractivity (Wildman–Crippen MR) is 87.1 cm³/mol. The third kappa shape index (κ3) is 4.10. The molecule has 1 amide bonds. The number of benzene rings is 2. The first-order valence-electron chi connectivity index (χ1n) is 6.47. The number of amides is 1. The summed E-state index contributed by atoms with van der Waals surface area (Å²) in [5.74, 6) is 0.0136. The van der Waals surface area contributed by atoms with Crippen molar-refractivity contribution in [1.82, 2.24) is 0 Å². The van der Waals surface area contributed by atoms with E-state index < -0.39 is 0 Å². The van der Waals surface area contributed by atoms with Gasteiger partial charge in [-0.2, -0.15) is 0 Å². The maximum atomic E-state index is 11.9. The molecule has 0 aliphatic carbocycles. The van der Waals surface area contributed by atoms with Crippen molar-refractivity contribution >= 4 is 33.2 Å². The molecule has 2 aromatic carbocycles. The minimum absolute atomic E-state index is 0.0136. The third-order valence-electron chi connectivity index (χ3n) is 3.02. The maximum absolute atomic E-state index is 11.9. The van der Waals surface area contributed by atoms with Gasteiger partial charge in [0.05, 0.1) is 5.69 Å². The van der Waals surface area contributed by atoms with Gasteiger partial charge in [-0.25, -0.2) is 0 Å². The molecule has 0 aliphatic heterocycles. The molecule has 0 radical (unpaired) electrons. The number of nitrogens with zero attached hydrogens (tertiary/aromatic N) is 1. The number of rotatable bonds is 5. The van der Waals surface area contributed by atoms with Crippen molar-refractivity contribution in [3.05, 3.63) is 59.1 Å². The Morgan fingerprint density at radius 2 is 1.75 bits per heavy atom. The summed E-state index contributed by atoms with van der Waals surface area (Å²) in [6.07, 6.45) is 0.451. The maximum Gasteiger partial charge on any atom is 0.226 e. The van der Waals surface area contributed by atoms with Crippen LogP contribution in [0, 0.1) is 0 Å². The molecule has 2 aromatic rings. The van der Waals surface area contributed by atoms with Gasteiger partial charge in [0, 0.05) is 30.2 Å². The van der Waals surface area contributed by atoms with Gasteiger partial charge in [-0.3, -0.25) is 4.79 Å². The summed E-state index contributed by atoms with van der Waals surface area (Å²) in [5, 5.41) is 2.90. The Labute approximate surface area is 127 Å². The summed E-state index contributed by atoms with van der Waals surface area (Å²) in [6.45, 7) is 0.681. The second-order valence-corrected chi connectivity index (χ2v) is 5.39. The Morgan fingerprint density at radius 3 is 2.45 bits per heavy atom. The van der Waals surface area contributed by atoms with E-state index in [1.54, 1.807) is 0 Å². The number of hydrogen-bond acceptors (Lipinski definition) is 2. The molecular formula is C16H17BrN2O. The molecule has 20 heavy (non-hydrogen) atoms. The Kier molecular flexibility index (Phi) is 5.18. The molecule has 0 saturated heterocycles. The number of carbonyl (C=O) groups is 1. The van der Waals surface area contributed by atoms with Crippen LogP contribution in [-0.2, 0) is 4.79 Å². The minimum atomic E-state index is 0.0136. The van der Waals surface area contributed by atoms with Crippen molar-refractivity contribution in [3.63, 3.8) is 0 Å². The van der Waals surface area contributed by atoms with E-state index in [4.69, 9.17) is 0 Å². The lowest BCUT2D eigenvalue weighted by Gasteiger charge is -2.18. The summed E-state index contributed by atoms with van der Waals surface area (Å²) < 4.78 is 0.893. The lowest BCUT2D eigenvalue weighted by Crippen LogP contribution is -2.23. The molecule has 0 saturated carbocycles. The fraction of sp³-hybridized carbons (Fsp3) is 0.188. The van der Waals surface area contributed by atoms with E-state index in [0.717, 1.165) is 15.8 Å². The van der Waals surface area contributed by atoms with Crippen molar-refractivity contribution < 1.29 is 4.79 Å². The fourth-order valence-electron chi connectivity index (χ4n) is 1.86. The van der Waals surface area contributed by atoms with Gasteiger partial charge in [-0.05, 0) is 40.2 Å². The summed E-state index contributed by atoms with van der Waals surface area (Å²) in [7, 11) is 1.99. The third-order valence-corrected chi connectivity index (χ3v) is 3.71. The highest BCUT2D eigenvalue weighted by molar-refractivity contribution is 9.10.